The molecule has 2 heteroatoms. The molecule has 0 saturated heterocycles. The van der Waals surface area contributed by atoms with Gasteiger partial charge in [0.05, 0.1) is 0 Å². The van der Waals surface area contributed by atoms with E-state index < -0.39 is 6.08 Å². The Morgan fingerprint density at radius 2 is 1.50 bits per heavy atom. The smallest absolute Gasteiger partial charge is 0.173 e. The molecule has 0 spiro atoms. The van der Waals surface area contributed by atoms with Crippen LogP contribution in [0.25, 0.3) is 0 Å². The maximum absolute atomic E-state index is 11.6. The predicted molar refractivity (Wildman–Crippen MR) is 39.1 cm³/mol. The van der Waals surface area contributed by atoms with Gasteiger partial charge in [-0.25, -0.2) is 0 Å². The molecule has 0 unspecified atom stereocenters. The molecule has 0 aromatic heterocycles. The molecule has 60 valence electrons. The van der Waals surface area contributed by atoms with E-state index in [-0.39, 0.29) is 0 Å². The monoisotopic (exact) mass is 148 g/mol. The average Bonchev–Trinajstić information content (AvgIpc) is 2.42. The van der Waals surface area contributed by atoms with Gasteiger partial charge in [-0.05, 0) is 31.3 Å². The van der Waals surface area contributed by atoms with Crippen molar-refractivity contribution in [2.75, 3.05) is 0 Å². The van der Waals surface area contributed by atoms with Gasteiger partial charge >= 0.3 is 0 Å². The number of hydrogen-bond acceptors (Lipinski definition) is 0. The SMILES string of the molecule is CC.FC(F)=C1CCCC1. The summed E-state index contributed by atoms with van der Waals surface area (Å²) in [6.07, 6.45) is 1.71. The maximum atomic E-state index is 11.6. The quantitative estimate of drug-likeness (QED) is 0.491. The molecule has 1 fully saturated rings. The molecule has 1 aliphatic carbocycles. The summed E-state index contributed by atoms with van der Waals surface area (Å²) in [5.74, 6) is 0. The second-order valence-electron chi connectivity index (χ2n) is 2.07. The second kappa shape index (κ2) is 5.39. The van der Waals surface area contributed by atoms with E-state index in [1.807, 2.05) is 13.8 Å². The van der Waals surface area contributed by atoms with E-state index in [2.05, 4.69) is 0 Å². The van der Waals surface area contributed by atoms with Crippen LogP contribution < -0.4 is 0 Å². The molecular formula is C8H14F2. The lowest BCUT2D eigenvalue weighted by molar-refractivity contribution is 0.408. The highest BCUT2D eigenvalue weighted by atomic mass is 19.3. The van der Waals surface area contributed by atoms with E-state index in [0.29, 0.717) is 18.4 Å². The van der Waals surface area contributed by atoms with Crippen LogP contribution in [0, 0.1) is 0 Å². The largest absolute Gasteiger partial charge is 0.269 e. The Kier molecular flexibility index (Phi) is 5.17. The minimum atomic E-state index is -1.44. The van der Waals surface area contributed by atoms with Gasteiger partial charge in [0, 0.05) is 0 Å². The summed E-state index contributed by atoms with van der Waals surface area (Å²) in [4.78, 5) is 0. The molecule has 0 atom stereocenters. The molecule has 0 heterocycles. The summed E-state index contributed by atoms with van der Waals surface area (Å²) < 4.78 is 23.2. The molecule has 1 rings (SSSR count). The van der Waals surface area contributed by atoms with Crippen LogP contribution in [0.5, 0.6) is 0 Å². The average molecular weight is 148 g/mol. The molecule has 0 N–H and O–H groups in total. The zero-order valence-corrected chi connectivity index (χ0v) is 6.58. The van der Waals surface area contributed by atoms with Gasteiger partial charge in [0.2, 0.25) is 0 Å². The Balaban J connectivity index is 0.000000371. The fourth-order valence-corrected chi connectivity index (χ4v) is 0.991. The Bertz CT molecular complexity index is 104. The highest BCUT2D eigenvalue weighted by molar-refractivity contribution is 5.05. The Hall–Kier alpha value is -0.400. The van der Waals surface area contributed by atoms with Gasteiger partial charge in [0.25, 0.3) is 6.08 Å². The molecule has 0 nitrogen and oxygen atoms in total. The first-order chi connectivity index (χ1) is 4.80. The van der Waals surface area contributed by atoms with Crippen LogP contribution in [0.15, 0.2) is 11.7 Å². The molecule has 1 saturated carbocycles. The van der Waals surface area contributed by atoms with Crippen LogP contribution in [0.1, 0.15) is 39.5 Å². The van der Waals surface area contributed by atoms with Crippen LogP contribution in [0.3, 0.4) is 0 Å². The first-order valence-corrected chi connectivity index (χ1v) is 3.84. The van der Waals surface area contributed by atoms with E-state index in [9.17, 15) is 8.78 Å². The molecule has 0 radical (unpaired) electrons. The van der Waals surface area contributed by atoms with Crippen LogP contribution in [0.4, 0.5) is 8.78 Å². The minimum Gasteiger partial charge on any atom is -0.173 e. The number of rotatable bonds is 0. The maximum Gasteiger partial charge on any atom is 0.269 e. The standard InChI is InChI=1S/C6H8F2.C2H6/c7-6(8)5-3-1-2-4-5;1-2/h1-4H2;1-2H3. The molecular weight excluding hydrogens is 134 g/mol. The zero-order chi connectivity index (χ0) is 7.98. The van der Waals surface area contributed by atoms with Crippen molar-refractivity contribution in [3.63, 3.8) is 0 Å². The number of hydrogen-bond donors (Lipinski definition) is 0. The third kappa shape index (κ3) is 2.95. The predicted octanol–water partition coefficient (Wildman–Crippen LogP) is 3.74. The Morgan fingerprint density at radius 3 is 1.70 bits per heavy atom. The van der Waals surface area contributed by atoms with Crippen molar-refractivity contribution in [3.05, 3.63) is 11.7 Å². The van der Waals surface area contributed by atoms with E-state index in [1.165, 1.54) is 0 Å². The van der Waals surface area contributed by atoms with E-state index in [4.69, 9.17) is 0 Å². The normalized spacial score (nSPS) is 16.2. The van der Waals surface area contributed by atoms with E-state index in [1.54, 1.807) is 0 Å². The lowest BCUT2D eigenvalue weighted by atomic mass is 10.3. The highest BCUT2D eigenvalue weighted by Crippen LogP contribution is 2.27. The van der Waals surface area contributed by atoms with Crippen molar-refractivity contribution in [2.24, 2.45) is 0 Å². The lowest BCUT2D eigenvalue weighted by Gasteiger charge is -1.87. The Morgan fingerprint density at radius 1 is 1.10 bits per heavy atom. The molecule has 0 amide bonds. The van der Waals surface area contributed by atoms with Crippen LogP contribution >= 0.6 is 0 Å². The van der Waals surface area contributed by atoms with Gasteiger partial charge in [-0.15, -0.1) is 0 Å². The van der Waals surface area contributed by atoms with Gasteiger partial charge < -0.3 is 0 Å². The van der Waals surface area contributed by atoms with E-state index in [0.717, 1.165) is 12.8 Å². The third-order valence-corrected chi connectivity index (χ3v) is 1.47. The van der Waals surface area contributed by atoms with Crippen molar-refractivity contribution in [3.8, 4) is 0 Å². The van der Waals surface area contributed by atoms with Gasteiger partial charge in [0.15, 0.2) is 0 Å². The molecule has 0 bridgehead atoms. The highest BCUT2D eigenvalue weighted by Gasteiger charge is 2.11. The summed E-state index contributed by atoms with van der Waals surface area (Å²) in [6.45, 7) is 4.00. The first kappa shape index (κ1) is 9.60. The molecule has 0 aromatic rings. The topological polar surface area (TPSA) is 0 Å². The molecule has 0 aromatic carbocycles. The summed E-state index contributed by atoms with van der Waals surface area (Å²) in [5, 5.41) is 0. The molecule has 10 heavy (non-hydrogen) atoms. The van der Waals surface area contributed by atoms with Crippen molar-refractivity contribution < 1.29 is 8.78 Å². The van der Waals surface area contributed by atoms with Crippen LogP contribution in [-0.4, -0.2) is 0 Å². The number of allylic oxidation sites excluding steroid dienone is 1. The fourth-order valence-electron chi connectivity index (χ4n) is 0.991. The fraction of sp³-hybridized carbons (Fsp3) is 0.750. The van der Waals surface area contributed by atoms with Crippen molar-refractivity contribution >= 4 is 0 Å². The lowest BCUT2D eigenvalue weighted by Crippen LogP contribution is -1.71. The number of halogens is 2. The van der Waals surface area contributed by atoms with Gasteiger partial charge in [0.1, 0.15) is 0 Å². The van der Waals surface area contributed by atoms with Crippen LogP contribution in [-0.2, 0) is 0 Å². The molecule has 0 aliphatic heterocycles. The summed E-state index contributed by atoms with van der Waals surface area (Å²) in [6, 6.07) is 0. The molecule has 1 aliphatic rings. The summed E-state index contributed by atoms with van der Waals surface area (Å²) in [7, 11) is 0. The second-order valence-corrected chi connectivity index (χ2v) is 2.07. The Labute approximate surface area is 60.9 Å². The van der Waals surface area contributed by atoms with Crippen LogP contribution in [0.2, 0.25) is 0 Å². The van der Waals surface area contributed by atoms with E-state index >= 15 is 0 Å². The van der Waals surface area contributed by atoms with Gasteiger partial charge in [-0.3, -0.25) is 0 Å². The zero-order valence-electron chi connectivity index (χ0n) is 6.58. The van der Waals surface area contributed by atoms with Crippen molar-refractivity contribution in [1.82, 2.24) is 0 Å². The summed E-state index contributed by atoms with van der Waals surface area (Å²) in [5.41, 5.74) is 0.380. The third-order valence-electron chi connectivity index (χ3n) is 1.47. The van der Waals surface area contributed by atoms with Gasteiger partial charge in [-0.2, -0.15) is 8.78 Å². The van der Waals surface area contributed by atoms with Gasteiger partial charge in [-0.1, -0.05) is 13.8 Å². The minimum absolute atomic E-state index is 0.380. The summed E-state index contributed by atoms with van der Waals surface area (Å²) >= 11 is 0. The van der Waals surface area contributed by atoms with Crippen molar-refractivity contribution in [2.45, 2.75) is 39.5 Å². The van der Waals surface area contributed by atoms with Crippen molar-refractivity contribution in [1.29, 1.82) is 0 Å². The first-order valence-electron chi connectivity index (χ1n) is 3.84.